The molecule has 1 aromatic heterocycles. The van der Waals surface area contributed by atoms with Crippen molar-refractivity contribution >= 4 is 16.8 Å². The van der Waals surface area contributed by atoms with Gasteiger partial charge in [-0.25, -0.2) is 4.68 Å². The molecule has 0 radical (unpaired) electrons. The number of carbonyl (C=O) groups excluding carboxylic acids is 1. The van der Waals surface area contributed by atoms with Crippen molar-refractivity contribution in [2.24, 2.45) is 0 Å². The van der Waals surface area contributed by atoms with Crippen LogP contribution < -0.4 is 10.9 Å². The fraction of sp³-hybridized carbons (Fsp3) is 0.619. The molecule has 8 nitrogen and oxygen atoms in total. The van der Waals surface area contributed by atoms with Gasteiger partial charge in [0.1, 0.15) is 5.52 Å². The number of carbonyl (C=O) groups is 1. The van der Waals surface area contributed by atoms with Gasteiger partial charge in [-0.15, -0.1) is 5.10 Å². The molecule has 8 heteroatoms. The molecule has 2 aliphatic rings. The number of ether oxygens (including phenoxy) is 1. The molecule has 2 aromatic rings. The molecule has 1 aliphatic heterocycles. The van der Waals surface area contributed by atoms with E-state index in [2.05, 4.69) is 20.5 Å². The lowest BCUT2D eigenvalue weighted by Crippen LogP contribution is -2.59. The molecule has 1 N–H and O–H groups in total. The van der Waals surface area contributed by atoms with Crippen molar-refractivity contribution < 1.29 is 9.53 Å². The zero-order chi connectivity index (χ0) is 20.1. The van der Waals surface area contributed by atoms with Gasteiger partial charge < -0.3 is 10.1 Å². The fourth-order valence-electron chi connectivity index (χ4n) is 4.58. The summed E-state index contributed by atoms with van der Waals surface area (Å²) in [6.07, 6.45) is 6.12. The van der Waals surface area contributed by atoms with Gasteiger partial charge in [0.25, 0.3) is 5.56 Å². The van der Waals surface area contributed by atoms with E-state index in [1.54, 1.807) is 18.2 Å². The van der Waals surface area contributed by atoms with Gasteiger partial charge in [-0.2, -0.15) is 0 Å². The Bertz CT molecular complexity index is 901. The minimum Gasteiger partial charge on any atom is -0.379 e. The van der Waals surface area contributed by atoms with Crippen molar-refractivity contribution in [3.8, 4) is 0 Å². The molecule has 0 bridgehead atoms. The van der Waals surface area contributed by atoms with Crippen LogP contribution in [0, 0.1) is 0 Å². The van der Waals surface area contributed by atoms with Gasteiger partial charge in [0.15, 0.2) is 0 Å². The van der Waals surface area contributed by atoms with Gasteiger partial charge in [0, 0.05) is 31.6 Å². The van der Waals surface area contributed by atoms with Crippen LogP contribution in [-0.2, 0) is 16.1 Å². The van der Waals surface area contributed by atoms with Crippen molar-refractivity contribution in [1.82, 2.24) is 25.2 Å². The maximum atomic E-state index is 12.5. The number of hydrogen-bond acceptors (Lipinski definition) is 6. The van der Waals surface area contributed by atoms with Crippen LogP contribution in [0.1, 0.15) is 38.5 Å². The molecule has 0 spiro atoms. The average molecular weight is 399 g/mol. The molecule has 1 saturated heterocycles. The first-order valence-electron chi connectivity index (χ1n) is 10.6. The Morgan fingerprint density at radius 3 is 2.69 bits per heavy atom. The Hall–Kier alpha value is -2.32. The van der Waals surface area contributed by atoms with Crippen LogP contribution in [-0.4, -0.2) is 64.2 Å². The quantitative estimate of drug-likeness (QED) is 0.788. The van der Waals surface area contributed by atoms with E-state index in [9.17, 15) is 9.59 Å². The summed E-state index contributed by atoms with van der Waals surface area (Å²) in [5.41, 5.74) is 0.403. The van der Waals surface area contributed by atoms with Crippen LogP contribution in [0.25, 0.3) is 10.9 Å². The molecule has 1 saturated carbocycles. The molecule has 0 atom stereocenters. The van der Waals surface area contributed by atoms with Gasteiger partial charge in [-0.3, -0.25) is 14.5 Å². The van der Waals surface area contributed by atoms with E-state index in [1.807, 2.05) is 6.07 Å². The van der Waals surface area contributed by atoms with E-state index in [0.717, 1.165) is 39.1 Å². The summed E-state index contributed by atoms with van der Waals surface area (Å²) in [6.45, 7) is 4.27. The monoisotopic (exact) mass is 399 g/mol. The van der Waals surface area contributed by atoms with Gasteiger partial charge >= 0.3 is 0 Å². The van der Waals surface area contributed by atoms with Crippen LogP contribution in [0.3, 0.4) is 0 Å². The van der Waals surface area contributed by atoms with Gasteiger partial charge in [0.05, 0.1) is 25.1 Å². The smallest absolute Gasteiger partial charge is 0.277 e. The van der Waals surface area contributed by atoms with Crippen molar-refractivity contribution in [1.29, 1.82) is 0 Å². The number of fused-ring (bicyclic) bond motifs is 1. The summed E-state index contributed by atoms with van der Waals surface area (Å²) in [5, 5.41) is 11.7. The molecule has 29 heavy (non-hydrogen) atoms. The number of nitrogens with one attached hydrogen (secondary N) is 1. The number of amides is 1. The van der Waals surface area contributed by atoms with E-state index in [1.165, 1.54) is 23.9 Å². The summed E-state index contributed by atoms with van der Waals surface area (Å²) >= 11 is 0. The van der Waals surface area contributed by atoms with E-state index < -0.39 is 0 Å². The third kappa shape index (κ3) is 4.48. The number of rotatable bonds is 6. The Labute approximate surface area is 170 Å². The van der Waals surface area contributed by atoms with Crippen molar-refractivity contribution in [3.63, 3.8) is 0 Å². The molecule has 1 aromatic carbocycles. The zero-order valence-corrected chi connectivity index (χ0v) is 16.8. The molecular formula is C21H29N5O3. The van der Waals surface area contributed by atoms with Crippen LogP contribution in [0.4, 0.5) is 0 Å². The molecule has 156 valence electrons. The maximum Gasteiger partial charge on any atom is 0.277 e. The third-order valence-corrected chi connectivity index (χ3v) is 6.26. The van der Waals surface area contributed by atoms with E-state index in [-0.39, 0.29) is 30.0 Å². The second-order valence-corrected chi connectivity index (χ2v) is 8.05. The first-order valence-corrected chi connectivity index (χ1v) is 10.6. The van der Waals surface area contributed by atoms with Crippen LogP contribution >= 0.6 is 0 Å². The number of aryl methyl sites for hydroxylation is 1. The number of morpholine rings is 1. The van der Waals surface area contributed by atoms with Gasteiger partial charge in [0.2, 0.25) is 5.91 Å². The Balaban J connectivity index is 1.36. The Morgan fingerprint density at radius 2 is 1.90 bits per heavy atom. The topological polar surface area (TPSA) is 89.3 Å². The predicted octanol–water partition coefficient (Wildman–Crippen LogP) is 1.33. The van der Waals surface area contributed by atoms with E-state index >= 15 is 0 Å². The molecule has 1 amide bonds. The first kappa shape index (κ1) is 20.0. The number of hydrogen-bond donors (Lipinski definition) is 1. The predicted molar refractivity (Wildman–Crippen MR) is 110 cm³/mol. The molecule has 2 fully saturated rings. The minimum atomic E-state index is -0.208. The molecule has 0 unspecified atom stereocenters. The lowest BCUT2D eigenvalue weighted by molar-refractivity contribution is -0.122. The Morgan fingerprint density at radius 1 is 1.14 bits per heavy atom. The molecule has 4 rings (SSSR count). The average Bonchev–Trinajstić information content (AvgIpc) is 2.79. The van der Waals surface area contributed by atoms with Crippen molar-refractivity contribution in [2.75, 3.05) is 32.8 Å². The molecule has 1 aliphatic carbocycles. The van der Waals surface area contributed by atoms with Gasteiger partial charge in [-0.1, -0.05) is 36.6 Å². The minimum absolute atomic E-state index is 0.0390. The first-order chi connectivity index (χ1) is 14.2. The summed E-state index contributed by atoms with van der Waals surface area (Å²) < 4.78 is 6.79. The largest absolute Gasteiger partial charge is 0.379 e. The second kappa shape index (κ2) is 9.00. The molecule has 2 heterocycles. The van der Waals surface area contributed by atoms with Crippen molar-refractivity contribution in [2.45, 2.75) is 50.6 Å². The summed E-state index contributed by atoms with van der Waals surface area (Å²) in [4.78, 5) is 27.6. The zero-order valence-electron chi connectivity index (χ0n) is 16.8. The third-order valence-electron chi connectivity index (χ3n) is 6.26. The summed E-state index contributed by atoms with van der Waals surface area (Å²) in [6, 6.07) is 7.12. The number of nitrogens with zero attached hydrogens (tertiary/aromatic N) is 4. The SMILES string of the molecule is O=C(CCn1nnc2ccccc2c1=O)NCC1(N2CCOCC2)CCCCC1. The Kier molecular flexibility index (Phi) is 6.20. The highest BCUT2D eigenvalue weighted by molar-refractivity contribution is 5.77. The fourth-order valence-corrected chi connectivity index (χ4v) is 4.58. The normalized spacial score (nSPS) is 19.9. The number of benzene rings is 1. The lowest BCUT2D eigenvalue weighted by Gasteiger charge is -2.48. The van der Waals surface area contributed by atoms with Gasteiger partial charge in [-0.05, 0) is 25.0 Å². The van der Waals surface area contributed by atoms with E-state index in [4.69, 9.17) is 4.74 Å². The van der Waals surface area contributed by atoms with Crippen LogP contribution in [0.5, 0.6) is 0 Å². The molecular weight excluding hydrogens is 370 g/mol. The lowest BCUT2D eigenvalue weighted by atomic mass is 9.79. The highest BCUT2D eigenvalue weighted by Gasteiger charge is 2.38. The second-order valence-electron chi connectivity index (χ2n) is 8.05. The highest BCUT2D eigenvalue weighted by atomic mass is 16.5. The van der Waals surface area contributed by atoms with Crippen molar-refractivity contribution in [3.05, 3.63) is 34.6 Å². The summed E-state index contributed by atoms with van der Waals surface area (Å²) in [7, 11) is 0. The summed E-state index contributed by atoms with van der Waals surface area (Å²) in [5.74, 6) is -0.0509. The van der Waals surface area contributed by atoms with E-state index in [0.29, 0.717) is 17.4 Å². The maximum absolute atomic E-state index is 12.5. The highest BCUT2D eigenvalue weighted by Crippen LogP contribution is 2.33. The van der Waals surface area contributed by atoms with Crippen LogP contribution in [0.15, 0.2) is 29.1 Å². The van der Waals surface area contributed by atoms with Crippen LogP contribution in [0.2, 0.25) is 0 Å². The number of aromatic nitrogens is 3. The standard InChI is InChI=1S/C21H29N5O3/c27-19(8-11-26-20(28)17-6-2-3-7-18(17)23-24-26)22-16-21(9-4-1-5-10-21)25-12-14-29-15-13-25/h2-3,6-7H,1,4-5,8-16H2,(H,22,27).